The molecule has 1 aromatic carbocycles. The summed E-state index contributed by atoms with van der Waals surface area (Å²) in [6.07, 6.45) is 1.73. The van der Waals surface area contributed by atoms with E-state index in [1.54, 1.807) is 6.20 Å². The van der Waals surface area contributed by atoms with Gasteiger partial charge in [-0.3, -0.25) is 9.78 Å². The second-order valence-corrected chi connectivity index (χ2v) is 4.75. The van der Waals surface area contributed by atoms with Crippen molar-refractivity contribution in [3.05, 3.63) is 59.4 Å². The lowest BCUT2D eigenvalue weighted by molar-refractivity contribution is 0.0940. The minimum absolute atomic E-state index is 0.101. The number of amides is 1. The van der Waals surface area contributed by atoms with Crippen LogP contribution in [0.1, 0.15) is 34.6 Å². The summed E-state index contributed by atoms with van der Waals surface area (Å²) in [5, 5.41) is 6.01. The van der Waals surface area contributed by atoms with Gasteiger partial charge in [0.2, 0.25) is 0 Å². The molecule has 1 amide bonds. The second-order valence-electron chi connectivity index (χ2n) is 4.75. The van der Waals surface area contributed by atoms with Crippen LogP contribution in [0.3, 0.4) is 0 Å². The predicted octanol–water partition coefficient (Wildman–Crippen LogP) is 2.92. The standard InChI is InChI=1S/C16H19N3O/c1-11-7-8-15(17-3)13(10-11)16(20)19-12(2)14-6-4-5-9-18-14/h4-10,12,17H,1-3H3,(H,19,20). The Hall–Kier alpha value is -2.36. The summed E-state index contributed by atoms with van der Waals surface area (Å²) >= 11 is 0. The molecule has 1 atom stereocenters. The van der Waals surface area contributed by atoms with Crippen molar-refractivity contribution < 1.29 is 4.79 Å². The number of benzene rings is 1. The number of anilines is 1. The third-order valence-corrected chi connectivity index (χ3v) is 3.17. The molecule has 2 N–H and O–H groups in total. The number of aromatic nitrogens is 1. The highest BCUT2D eigenvalue weighted by molar-refractivity contribution is 6.00. The molecule has 20 heavy (non-hydrogen) atoms. The molecule has 104 valence electrons. The lowest BCUT2D eigenvalue weighted by Gasteiger charge is -2.15. The molecular formula is C16H19N3O. The highest BCUT2D eigenvalue weighted by Gasteiger charge is 2.15. The van der Waals surface area contributed by atoms with Gasteiger partial charge in [-0.1, -0.05) is 17.7 Å². The van der Waals surface area contributed by atoms with Crippen molar-refractivity contribution in [3.8, 4) is 0 Å². The summed E-state index contributed by atoms with van der Waals surface area (Å²) in [4.78, 5) is 16.6. The number of carbonyl (C=O) groups excluding carboxylic acids is 1. The Labute approximate surface area is 119 Å². The van der Waals surface area contributed by atoms with Crippen LogP contribution in [0.4, 0.5) is 5.69 Å². The third kappa shape index (κ3) is 3.15. The summed E-state index contributed by atoms with van der Waals surface area (Å²) in [6, 6.07) is 11.3. The molecule has 2 aromatic rings. The maximum absolute atomic E-state index is 12.4. The van der Waals surface area contributed by atoms with Gasteiger partial charge in [0, 0.05) is 18.9 Å². The lowest BCUT2D eigenvalue weighted by atomic mass is 10.1. The Morgan fingerprint density at radius 2 is 2.05 bits per heavy atom. The van der Waals surface area contributed by atoms with Crippen LogP contribution in [-0.4, -0.2) is 17.9 Å². The Morgan fingerprint density at radius 3 is 2.70 bits per heavy atom. The van der Waals surface area contributed by atoms with E-state index in [0.29, 0.717) is 5.56 Å². The molecule has 0 spiro atoms. The zero-order chi connectivity index (χ0) is 14.5. The van der Waals surface area contributed by atoms with E-state index in [1.807, 2.05) is 57.3 Å². The van der Waals surface area contributed by atoms with Gasteiger partial charge < -0.3 is 10.6 Å². The highest BCUT2D eigenvalue weighted by Crippen LogP contribution is 2.18. The molecular weight excluding hydrogens is 250 g/mol. The third-order valence-electron chi connectivity index (χ3n) is 3.17. The highest BCUT2D eigenvalue weighted by atomic mass is 16.1. The fourth-order valence-corrected chi connectivity index (χ4v) is 2.04. The topological polar surface area (TPSA) is 54.0 Å². The van der Waals surface area contributed by atoms with Crippen molar-refractivity contribution in [1.82, 2.24) is 10.3 Å². The van der Waals surface area contributed by atoms with Gasteiger partial charge in [0.05, 0.1) is 17.3 Å². The number of hydrogen-bond donors (Lipinski definition) is 2. The van der Waals surface area contributed by atoms with Crippen LogP contribution in [0.25, 0.3) is 0 Å². The minimum Gasteiger partial charge on any atom is -0.387 e. The Kier molecular flexibility index (Phi) is 4.35. The Bertz CT molecular complexity index is 596. The van der Waals surface area contributed by atoms with Crippen LogP contribution in [-0.2, 0) is 0 Å². The van der Waals surface area contributed by atoms with Crippen LogP contribution < -0.4 is 10.6 Å². The predicted molar refractivity (Wildman–Crippen MR) is 80.8 cm³/mol. The fourth-order valence-electron chi connectivity index (χ4n) is 2.04. The average Bonchev–Trinajstić information content (AvgIpc) is 2.48. The smallest absolute Gasteiger partial charge is 0.253 e. The van der Waals surface area contributed by atoms with Crippen molar-refractivity contribution in [3.63, 3.8) is 0 Å². The Morgan fingerprint density at radius 1 is 1.25 bits per heavy atom. The summed E-state index contributed by atoms with van der Waals surface area (Å²) < 4.78 is 0. The van der Waals surface area contributed by atoms with Crippen LogP contribution >= 0.6 is 0 Å². The largest absolute Gasteiger partial charge is 0.387 e. The van der Waals surface area contributed by atoms with Crippen LogP contribution in [0.5, 0.6) is 0 Å². The quantitative estimate of drug-likeness (QED) is 0.897. The molecule has 0 radical (unpaired) electrons. The van der Waals surface area contributed by atoms with E-state index in [2.05, 4.69) is 15.6 Å². The van der Waals surface area contributed by atoms with E-state index in [1.165, 1.54) is 0 Å². The van der Waals surface area contributed by atoms with Crippen molar-refractivity contribution in [2.75, 3.05) is 12.4 Å². The van der Waals surface area contributed by atoms with Gasteiger partial charge in [-0.2, -0.15) is 0 Å². The van der Waals surface area contributed by atoms with Crippen LogP contribution in [0.2, 0.25) is 0 Å². The first kappa shape index (κ1) is 14.1. The molecule has 1 aromatic heterocycles. The maximum atomic E-state index is 12.4. The molecule has 1 unspecified atom stereocenters. The normalized spacial score (nSPS) is 11.8. The number of nitrogens with one attached hydrogen (secondary N) is 2. The van der Waals surface area contributed by atoms with E-state index in [-0.39, 0.29) is 11.9 Å². The molecule has 1 heterocycles. The number of hydrogen-bond acceptors (Lipinski definition) is 3. The first-order valence-corrected chi connectivity index (χ1v) is 6.62. The monoisotopic (exact) mass is 269 g/mol. The van der Waals surface area contributed by atoms with E-state index < -0.39 is 0 Å². The summed E-state index contributed by atoms with van der Waals surface area (Å²) in [6.45, 7) is 3.90. The minimum atomic E-state index is -0.131. The van der Waals surface area contributed by atoms with Gasteiger partial charge in [-0.25, -0.2) is 0 Å². The molecule has 0 aliphatic heterocycles. The first-order valence-electron chi connectivity index (χ1n) is 6.62. The summed E-state index contributed by atoms with van der Waals surface area (Å²) in [7, 11) is 1.81. The van der Waals surface area contributed by atoms with Gasteiger partial charge in [0.15, 0.2) is 0 Å². The summed E-state index contributed by atoms with van der Waals surface area (Å²) in [5.41, 5.74) is 3.37. The van der Waals surface area contributed by atoms with E-state index in [9.17, 15) is 4.79 Å². The Balaban J connectivity index is 2.18. The number of aryl methyl sites for hydroxylation is 1. The van der Waals surface area contributed by atoms with Crippen LogP contribution in [0, 0.1) is 6.92 Å². The van der Waals surface area contributed by atoms with E-state index in [0.717, 1.165) is 16.9 Å². The molecule has 0 saturated carbocycles. The molecule has 0 saturated heterocycles. The lowest BCUT2D eigenvalue weighted by Crippen LogP contribution is -2.27. The van der Waals surface area contributed by atoms with Gasteiger partial charge in [-0.05, 0) is 38.1 Å². The SMILES string of the molecule is CNc1ccc(C)cc1C(=O)NC(C)c1ccccn1. The zero-order valence-electron chi connectivity index (χ0n) is 12.0. The van der Waals surface area contributed by atoms with E-state index >= 15 is 0 Å². The van der Waals surface area contributed by atoms with Crippen molar-refractivity contribution in [2.24, 2.45) is 0 Å². The summed E-state index contributed by atoms with van der Waals surface area (Å²) in [5.74, 6) is -0.101. The van der Waals surface area contributed by atoms with Crippen molar-refractivity contribution in [2.45, 2.75) is 19.9 Å². The average molecular weight is 269 g/mol. The van der Waals surface area contributed by atoms with Crippen LogP contribution in [0.15, 0.2) is 42.6 Å². The fraction of sp³-hybridized carbons (Fsp3) is 0.250. The number of rotatable bonds is 4. The van der Waals surface area contributed by atoms with Crippen molar-refractivity contribution >= 4 is 11.6 Å². The second kappa shape index (κ2) is 6.19. The molecule has 2 rings (SSSR count). The number of carbonyl (C=O) groups is 1. The van der Waals surface area contributed by atoms with Crippen molar-refractivity contribution in [1.29, 1.82) is 0 Å². The molecule has 0 bridgehead atoms. The molecule has 0 fully saturated rings. The first-order chi connectivity index (χ1) is 9.61. The molecule has 0 aliphatic rings. The zero-order valence-corrected chi connectivity index (χ0v) is 12.0. The van der Waals surface area contributed by atoms with Gasteiger partial charge >= 0.3 is 0 Å². The number of pyridine rings is 1. The molecule has 0 aliphatic carbocycles. The number of nitrogens with zero attached hydrogens (tertiary/aromatic N) is 1. The van der Waals surface area contributed by atoms with Gasteiger partial charge in [0.1, 0.15) is 0 Å². The molecule has 4 nitrogen and oxygen atoms in total. The van der Waals surface area contributed by atoms with E-state index in [4.69, 9.17) is 0 Å². The molecule has 4 heteroatoms. The maximum Gasteiger partial charge on any atom is 0.253 e. The van der Waals surface area contributed by atoms with Gasteiger partial charge in [0.25, 0.3) is 5.91 Å². The van der Waals surface area contributed by atoms with Gasteiger partial charge in [-0.15, -0.1) is 0 Å².